The van der Waals surface area contributed by atoms with Crippen molar-refractivity contribution in [2.45, 2.75) is 58.2 Å². The summed E-state index contributed by atoms with van der Waals surface area (Å²) in [4.78, 5) is 29.5. The van der Waals surface area contributed by atoms with Crippen molar-refractivity contribution in [3.8, 4) is 0 Å². The SMILES string of the molecule is CC(C)(C)OC(=O)N1C[C@@H]2C(C(=O)N3C4C=CC=CC4CC3(C)C)[C@@H]2C1. The van der Waals surface area contributed by atoms with Crippen LogP contribution in [0.1, 0.15) is 41.0 Å². The van der Waals surface area contributed by atoms with Gasteiger partial charge in [-0.1, -0.05) is 24.3 Å². The Bertz CT molecular complexity index is 676. The average Bonchev–Trinajstić information content (AvgIpc) is 2.87. The van der Waals surface area contributed by atoms with E-state index in [9.17, 15) is 9.59 Å². The third kappa shape index (κ3) is 2.85. The second kappa shape index (κ2) is 5.61. The highest BCUT2D eigenvalue weighted by Crippen LogP contribution is 2.55. The van der Waals surface area contributed by atoms with Gasteiger partial charge < -0.3 is 14.5 Å². The van der Waals surface area contributed by atoms with Crippen molar-refractivity contribution >= 4 is 12.0 Å². The molecule has 2 saturated heterocycles. The fourth-order valence-corrected chi connectivity index (χ4v) is 5.16. The van der Waals surface area contributed by atoms with E-state index in [0.717, 1.165) is 6.42 Å². The molecule has 5 atom stereocenters. The highest BCUT2D eigenvalue weighted by molar-refractivity contribution is 5.85. The van der Waals surface area contributed by atoms with Crippen LogP contribution in [0.4, 0.5) is 4.79 Å². The molecule has 0 aromatic carbocycles. The van der Waals surface area contributed by atoms with Crippen LogP contribution in [0.25, 0.3) is 0 Å². The van der Waals surface area contributed by atoms with E-state index >= 15 is 0 Å². The summed E-state index contributed by atoms with van der Waals surface area (Å²) >= 11 is 0. The van der Waals surface area contributed by atoms with E-state index in [0.29, 0.717) is 30.8 Å². The van der Waals surface area contributed by atoms with E-state index < -0.39 is 5.60 Å². The maximum absolute atomic E-state index is 13.3. The molecule has 2 aliphatic carbocycles. The summed E-state index contributed by atoms with van der Waals surface area (Å²) < 4.78 is 5.46. The van der Waals surface area contributed by atoms with Gasteiger partial charge in [-0.25, -0.2) is 4.79 Å². The van der Waals surface area contributed by atoms with Gasteiger partial charge in [-0.15, -0.1) is 0 Å². The van der Waals surface area contributed by atoms with Crippen LogP contribution < -0.4 is 0 Å². The molecule has 0 spiro atoms. The molecule has 0 aromatic rings. The van der Waals surface area contributed by atoms with Crippen molar-refractivity contribution in [1.29, 1.82) is 0 Å². The lowest BCUT2D eigenvalue weighted by molar-refractivity contribution is -0.138. The molecule has 2 heterocycles. The first-order valence-corrected chi connectivity index (χ1v) is 9.74. The third-order valence-electron chi connectivity index (χ3n) is 6.27. The number of hydrogen-bond donors (Lipinski definition) is 0. The summed E-state index contributed by atoms with van der Waals surface area (Å²) in [6.45, 7) is 11.3. The second-order valence-corrected chi connectivity index (χ2v) is 9.89. The van der Waals surface area contributed by atoms with Crippen molar-refractivity contribution < 1.29 is 14.3 Å². The Kier molecular flexibility index (Phi) is 3.80. The number of rotatable bonds is 1. The van der Waals surface area contributed by atoms with Crippen molar-refractivity contribution in [3.05, 3.63) is 24.3 Å². The molecule has 2 aliphatic heterocycles. The van der Waals surface area contributed by atoms with Crippen molar-refractivity contribution in [2.24, 2.45) is 23.7 Å². The lowest BCUT2D eigenvalue weighted by Crippen LogP contribution is -2.49. The predicted octanol–water partition coefficient (Wildman–Crippen LogP) is 3.22. The summed E-state index contributed by atoms with van der Waals surface area (Å²) in [6.07, 6.45) is 9.31. The molecule has 3 unspecified atom stereocenters. The molecule has 0 aromatic heterocycles. The molecule has 26 heavy (non-hydrogen) atoms. The first kappa shape index (κ1) is 17.6. The molecule has 0 bridgehead atoms. The molecular formula is C21H30N2O3. The number of nitrogens with zero attached hydrogens (tertiary/aromatic N) is 2. The Morgan fingerprint density at radius 3 is 2.31 bits per heavy atom. The molecule has 5 heteroatoms. The van der Waals surface area contributed by atoms with Crippen LogP contribution in [0.15, 0.2) is 24.3 Å². The molecule has 5 nitrogen and oxygen atoms in total. The molecule has 0 radical (unpaired) electrons. The molecular weight excluding hydrogens is 328 g/mol. The van der Waals surface area contributed by atoms with Crippen LogP contribution in [0.5, 0.6) is 0 Å². The summed E-state index contributed by atoms with van der Waals surface area (Å²) in [7, 11) is 0. The van der Waals surface area contributed by atoms with E-state index in [-0.39, 0.29) is 29.5 Å². The topological polar surface area (TPSA) is 49.9 Å². The monoisotopic (exact) mass is 358 g/mol. The molecule has 142 valence electrons. The van der Waals surface area contributed by atoms with Crippen molar-refractivity contribution in [2.75, 3.05) is 13.1 Å². The quantitative estimate of drug-likeness (QED) is 0.723. The number of carbonyl (C=O) groups is 2. The fourth-order valence-electron chi connectivity index (χ4n) is 5.16. The highest BCUT2D eigenvalue weighted by atomic mass is 16.6. The van der Waals surface area contributed by atoms with Gasteiger partial charge in [0.25, 0.3) is 0 Å². The Balaban J connectivity index is 1.41. The van der Waals surface area contributed by atoms with Crippen LogP contribution in [-0.4, -0.2) is 52.1 Å². The maximum atomic E-state index is 13.3. The Morgan fingerprint density at radius 1 is 1.08 bits per heavy atom. The van der Waals surface area contributed by atoms with Gasteiger partial charge in [-0.2, -0.15) is 0 Å². The van der Waals surface area contributed by atoms with Gasteiger partial charge in [-0.05, 0) is 52.9 Å². The number of allylic oxidation sites excluding steroid dienone is 2. The van der Waals surface area contributed by atoms with Gasteiger partial charge in [0.15, 0.2) is 0 Å². The standard InChI is InChI=1S/C21H30N2O3/c1-20(2,3)26-19(25)22-11-14-15(12-22)17(14)18(24)23-16-9-7-6-8-13(16)10-21(23,4)5/h6-9,13-17H,10-12H2,1-5H3/t13?,14-,15+,16?,17?. The number of carbonyl (C=O) groups excluding carboxylic acids is 2. The molecule has 3 fully saturated rings. The molecule has 1 saturated carbocycles. The zero-order valence-corrected chi connectivity index (χ0v) is 16.4. The zero-order chi connectivity index (χ0) is 18.9. The van der Waals surface area contributed by atoms with E-state index in [1.807, 2.05) is 20.8 Å². The minimum Gasteiger partial charge on any atom is -0.444 e. The first-order valence-electron chi connectivity index (χ1n) is 9.74. The first-order chi connectivity index (χ1) is 12.1. The van der Waals surface area contributed by atoms with Crippen LogP contribution in [0, 0.1) is 23.7 Å². The number of piperidine rings is 1. The van der Waals surface area contributed by atoms with E-state index in [1.165, 1.54) is 0 Å². The summed E-state index contributed by atoms with van der Waals surface area (Å²) in [5, 5.41) is 0. The normalized spacial score (nSPS) is 36.7. The second-order valence-electron chi connectivity index (χ2n) is 9.89. The number of likely N-dealkylation sites (tertiary alicyclic amines) is 2. The van der Waals surface area contributed by atoms with Crippen LogP contribution in [0.2, 0.25) is 0 Å². The highest BCUT2D eigenvalue weighted by Gasteiger charge is 2.63. The predicted molar refractivity (Wildman–Crippen MR) is 99.4 cm³/mol. The smallest absolute Gasteiger partial charge is 0.410 e. The minimum absolute atomic E-state index is 0.0750. The van der Waals surface area contributed by atoms with E-state index in [2.05, 4.69) is 43.1 Å². The van der Waals surface area contributed by atoms with Gasteiger partial charge in [0.2, 0.25) is 5.91 Å². The summed E-state index contributed by atoms with van der Waals surface area (Å²) in [5.74, 6) is 1.38. The zero-order valence-electron chi connectivity index (χ0n) is 16.4. The maximum Gasteiger partial charge on any atom is 0.410 e. The van der Waals surface area contributed by atoms with Gasteiger partial charge in [0.05, 0.1) is 6.04 Å². The molecule has 0 N–H and O–H groups in total. The largest absolute Gasteiger partial charge is 0.444 e. The van der Waals surface area contributed by atoms with E-state index in [4.69, 9.17) is 4.74 Å². The van der Waals surface area contributed by atoms with Crippen molar-refractivity contribution in [3.63, 3.8) is 0 Å². The van der Waals surface area contributed by atoms with E-state index in [1.54, 1.807) is 4.90 Å². The number of fused-ring (bicyclic) bond motifs is 2. The van der Waals surface area contributed by atoms with Crippen LogP contribution in [-0.2, 0) is 9.53 Å². The molecule has 4 aliphatic rings. The number of hydrogen-bond acceptors (Lipinski definition) is 3. The summed E-state index contributed by atoms with van der Waals surface area (Å²) in [5.41, 5.74) is -0.596. The van der Waals surface area contributed by atoms with Crippen LogP contribution >= 0.6 is 0 Å². The van der Waals surface area contributed by atoms with Gasteiger partial charge in [0, 0.05) is 30.5 Å². The summed E-state index contributed by atoms with van der Waals surface area (Å²) in [6, 6.07) is 0.186. The minimum atomic E-state index is -0.478. The molecule has 2 amide bonds. The fraction of sp³-hybridized carbons (Fsp3) is 0.714. The average molecular weight is 358 g/mol. The Labute approximate surface area is 156 Å². The lowest BCUT2D eigenvalue weighted by Gasteiger charge is -2.36. The van der Waals surface area contributed by atoms with Crippen LogP contribution in [0.3, 0.4) is 0 Å². The number of amides is 2. The molecule has 4 rings (SSSR count). The van der Waals surface area contributed by atoms with Crippen molar-refractivity contribution in [1.82, 2.24) is 9.80 Å². The lowest BCUT2D eigenvalue weighted by atomic mass is 9.92. The van der Waals surface area contributed by atoms with Gasteiger partial charge >= 0.3 is 6.09 Å². The number of ether oxygens (including phenoxy) is 1. The van der Waals surface area contributed by atoms with Gasteiger partial charge in [-0.3, -0.25) is 4.79 Å². The Hall–Kier alpha value is -1.78. The Morgan fingerprint density at radius 2 is 1.69 bits per heavy atom. The van der Waals surface area contributed by atoms with Gasteiger partial charge in [0.1, 0.15) is 5.60 Å². The third-order valence-corrected chi connectivity index (χ3v) is 6.27.